The second-order valence-electron chi connectivity index (χ2n) is 6.88. The van der Waals surface area contributed by atoms with Gasteiger partial charge in [-0.2, -0.15) is 0 Å². The molecule has 0 fully saturated rings. The van der Waals surface area contributed by atoms with E-state index in [-0.39, 0.29) is 17.6 Å². The number of carbonyl (C=O) groups is 2. The summed E-state index contributed by atoms with van der Waals surface area (Å²) in [6.45, 7) is 4.60. The Bertz CT molecular complexity index is 875. The van der Waals surface area contributed by atoms with Gasteiger partial charge in [0.15, 0.2) is 0 Å². The van der Waals surface area contributed by atoms with Crippen LogP contribution in [0, 0.1) is 0 Å². The molecule has 8 heteroatoms. The Morgan fingerprint density at radius 1 is 1.13 bits per heavy atom. The van der Waals surface area contributed by atoms with Crippen LogP contribution in [-0.2, 0) is 21.9 Å². The minimum absolute atomic E-state index is 0.117. The van der Waals surface area contributed by atoms with Gasteiger partial charge in [-0.05, 0) is 48.7 Å². The summed E-state index contributed by atoms with van der Waals surface area (Å²) in [7, 11) is 1.60. The highest BCUT2D eigenvalue weighted by atomic mass is 35.5. The van der Waals surface area contributed by atoms with Crippen LogP contribution in [-0.4, -0.2) is 42.2 Å². The highest BCUT2D eigenvalue weighted by molar-refractivity contribution is 7.99. The fraction of sp³-hybridized carbons (Fsp3) is 0.391. The SMILES string of the molecule is CCNC(=O)[C@H](CC)N(Cc1cccc(OC)c1)C(=O)CSCc1c(Cl)cccc1Cl. The molecule has 2 aromatic carbocycles. The van der Waals surface area contributed by atoms with Crippen molar-refractivity contribution in [1.29, 1.82) is 0 Å². The van der Waals surface area contributed by atoms with E-state index in [1.807, 2.05) is 38.1 Å². The number of hydrogen-bond donors (Lipinski definition) is 1. The molecule has 168 valence electrons. The Morgan fingerprint density at radius 2 is 1.81 bits per heavy atom. The van der Waals surface area contributed by atoms with Gasteiger partial charge in [-0.1, -0.05) is 48.3 Å². The summed E-state index contributed by atoms with van der Waals surface area (Å²) in [4.78, 5) is 27.5. The van der Waals surface area contributed by atoms with Crippen molar-refractivity contribution in [2.24, 2.45) is 0 Å². The first-order valence-corrected chi connectivity index (χ1v) is 12.0. The molecule has 1 N–H and O–H groups in total. The first kappa shape index (κ1) is 25.4. The number of amides is 2. The van der Waals surface area contributed by atoms with E-state index in [0.29, 0.717) is 41.1 Å². The molecule has 5 nitrogen and oxygen atoms in total. The summed E-state index contributed by atoms with van der Waals surface area (Å²) in [6, 6.07) is 12.3. The number of nitrogens with one attached hydrogen (secondary N) is 1. The third-order valence-electron chi connectivity index (χ3n) is 4.76. The minimum atomic E-state index is -0.553. The third-order valence-corrected chi connectivity index (χ3v) is 6.41. The summed E-state index contributed by atoms with van der Waals surface area (Å²) in [5, 5.41) is 3.99. The normalized spacial score (nSPS) is 11.6. The van der Waals surface area contributed by atoms with Crippen LogP contribution >= 0.6 is 35.0 Å². The van der Waals surface area contributed by atoms with E-state index in [9.17, 15) is 9.59 Å². The van der Waals surface area contributed by atoms with Gasteiger partial charge in [0.1, 0.15) is 11.8 Å². The number of nitrogens with zero attached hydrogens (tertiary/aromatic N) is 1. The number of ether oxygens (including phenoxy) is 1. The Balaban J connectivity index is 2.17. The largest absolute Gasteiger partial charge is 0.497 e. The van der Waals surface area contributed by atoms with Gasteiger partial charge < -0.3 is 15.0 Å². The zero-order valence-corrected chi connectivity index (χ0v) is 20.3. The van der Waals surface area contributed by atoms with Crippen molar-refractivity contribution in [1.82, 2.24) is 10.2 Å². The third kappa shape index (κ3) is 7.34. The molecule has 0 bridgehead atoms. The van der Waals surface area contributed by atoms with Crippen molar-refractivity contribution >= 4 is 46.8 Å². The van der Waals surface area contributed by atoms with E-state index in [1.54, 1.807) is 30.2 Å². The highest BCUT2D eigenvalue weighted by Crippen LogP contribution is 2.28. The van der Waals surface area contributed by atoms with Gasteiger partial charge in [0.2, 0.25) is 11.8 Å². The molecule has 0 saturated carbocycles. The van der Waals surface area contributed by atoms with Crippen LogP contribution in [0.15, 0.2) is 42.5 Å². The molecule has 0 heterocycles. The van der Waals surface area contributed by atoms with Crippen LogP contribution in [0.5, 0.6) is 5.75 Å². The topological polar surface area (TPSA) is 58.6 Å². The van der Waals surface area contributed by atoms with Gasteiger partial charge in [-0.25, -0.2) is 0 Å². The molecule has 0 aromatic heterocycles. The summed E-state index contributed by atoms with van der Waals surface area (Å²) >= 11 is 13.9. The van der Waals surface area contributed by atoms with Crippen molar-refractivity contribution in [3.63, 3.8) is 0 Å². The number of thioether (sulfide) groups is 1. The van der Waals surface area contributed by atoms with E-state index in [0.717, 1.165) is 11.1 Å². The first-order chi connectivity index (χ1) is 14.9. The fourth-order valence-electron chi connectivity index (χ4n) is 3.17. The number of hydrogen-bond acceptors (Lipinski definition) is 4. The molecule has 0 saturated heterocycles. The van der Waals surface area contributed by atoms with Crippen molar-refractivity contribution in [2.45, 2.75) is 38.6 Å². The van der Waals surface area contributed by atoms with Crippen LogP contribution in [0.1, 0.15) is 31.4 Å². The van der Waals surface area contributed by atoms with Crippen molar-refractivity contribution < 1.29 is 14.3 Å². The first-order valence-electron chi connectivity index (χ1n) is 10.1. The highest BCUT2D eigenvalue weighted by Gasteiger charge is 2.28. The number of benzene rings is 2. The summed E-state index contributed by atoms with van der Waals surface area (Å²) in [5.41, 5.74) is 1.70. The van der Waals surface area contributed by atoms with Crippen molar-refractivity contribution in [2.75, 3.05) is 19.4 Å². The number of carbonyl (C=O) groups excluding carboxylic acids is 2. The van der Waals surface area contributed by atoms with Gasteiger partial charge in [-0.3, -0.25) is 9.59 Å². The molecule has 0 radical (unpaired) electrons. The lowest BCUT2D eigenvalue weighted by Gasteiger charge is -2.30. The van der Waals surface area contributed by atoms with Crippen LogP contribution in [0.2, 0.25) is 10.0 Å². The predicted octanol–water partition coefficient (Wildman–Crippen LogP) is 5.18. The second kappa shape index (κ2) is 12.8. The van der Waals surface area contributed by atoms with Crippen LogP contribution in [0.3, 0.4) is 0 Å². The Kier molecular flexibility index (Phi) is 10.5. The fourth-order valence-corrected chi connectivity index (χ4v) is 4.82. The lowest BCUT2D eigenvalue weighted by molar-refractivity contribution is -0.139. The van der Waals surface area contributed by atoms with Crippen molar-refractivity contribution in [3.8, 4) is 5.75 Å². The Morgan fingerprint density at radius 3 is 2.42 bits per heavy atom. The summed E-state index contributed by atoms with van der Waals surface area (Å²) in [5.74, 6) is 1.16. The molecule has 0 aliphatic rings. The van der Waals surface area contributed by atoms with E-state index in [2.05, 4.69) is 5.32 Å². The molecule has 0 aliphatic carbocycles. The molecule has 0 unspecified atom stereocenters. The molecular weight excluding hydrogens is 455 g/mol. The summed E-state index contributed by atoms with van der Waals surface area (Å²) < 4.78 is 5.29. The number of rotatable bonds is 11. The lowest BCUT2D eigenvalue weighted by Crippen LogP contribution is -2.49. The van der Waals surface area contributed by atoms with Gasteiger partial charge >= 0.3 is 0 Å². The molecule has 2 rings (SSSR count). The predicted molar refractivity (Wildman–Crippen MR) is 129 cm³/mol. The van der Waals surface area contributed by atoms with Gasteiger partial charge in [0.05, 0.1) is 12.9 Å². The van der Waals surface area contributed by atoms with E-state index in [1.165, 1.54) is 11.8 Å². The Labute approximate surface area is 198 Å². The number of likely N-dealkylation sites (N-methyl/N-ethyl adjacent to an activating group) is 1. The standard InChI is InChI=1S/C23H28Cl2N2O3S/c1-4-21(23(29)26-5-2)27(13-16-8-6-9-17(12-16)30-3)22(28)15-31-14-18-19(24)10-7-11-20(18)25/h6-12,21H,4-5,13-15H2,1-3H3,(H,26,29)/t21-/m0/s1. The quantitative estimate of drug-likeness (QED) is 0.479. The van der Waals surface area contributed by atoms with Gasteiger partial charge in [0.25, 0.3) is 0 Å². The molecular formula is C23H28Cl2N2O3S. The van der Waals surface area contributed by atoms with Crippen molar-refractivity contribution in [3.05, 3.63) is 63.6 Å². The molecule has 0 spiro atoms. The average molecular weight is 483 g/mol. The molecule has 1 atom stereocenters. The van der Waals surface area contributed by atoms with Gasteiger partial charge in [0, 0.05) is 28.9 Å². The lowest BCUT2D eigenvalue weighted by atomic mass is 10.1. The maximum atomic E-state index is 13.2. The summed E-state index contributed by atoms with van der Waals surface area (Å²) in [6.07, 6.45) is 0.516. The maximum Gasteiger partial charge on any atom is 0.242 e. The van der Waals surface area contributed by atoms with Crippen LogP contribution in [0.25, 0.3) is 0 Å². The van der Waals surface area contributed by atoms with E-state index in [4.69, 9.17) is 27.9 Å². The zero-order valence-electron chi connectivity index (χ0n) is 18.0. The monoisotopic (exact) mass is 482 g/mol. The Hall–Kier alpha value is -1.89. The zero-order chi connectivity index (χ0) is 22.8. The van der Waals surface area contributed by atoms with E-state index < -0.39 is 6.04 Å². The molecule has 2 aromatic rings. The average Bonchev–Trinajstić information content (AvgIpc) is 2.76. The van der Waals surface area contributed by atoms with Gasteiger partial charge in [-0.15, -0.1) is 11.8 Å². The second-order valence-corrected chi connectivity index (χ2v) is 8.68. The molecule has 31 heavy (non-hydrogen) atoms. The number of methoxy groups -OCH3 is 1. The maximum absolute atomic E-state index is 13.2. The number of halogens is 2. The van der Waals surface area contributed by atoms with Crippen LogP contribution < -0.4 is 10.1 Å². The smallest absolute Gasteiger partial charge is 0.242 e. The molecule has 0 aliphatic heterocycles. The molecule has 2 amide bonds. The van der Waals surface area contributed by atoms with E-state index >= 15 is 0 Å². The van der Waals surface area contributed by atoms with Crippen LogP contribution in [0.4, 0.5) is 0 Å². The minimum Gasteiger partial charge on any atom is -0.497 e.